The fraction of sp³-hybridized carbons (Fsp3) is 0.0909. The zero-order valence-electron chi connectivity index (χ0n) is 15.4. The van der Waals surface area contributed by atoms with Gasteiger partial charge in [0.05, 0.1) is 0 Å². The van der Waals surface area contributed by atoms with Crippen LogP contribution in [-0.2, 0) is 9.47 Å². The van der Waals surface area contributed by atoms with Crippen LogP contribution in [0, 0.1) is 3.57 Å². The quantitative estimate of drug-likeness (QED) is 0.135. The zero-order chi connectivity index (χ0) is 20.8. The average molecular weight is 504 g/mol. The molecule has 0 aliphatic rings. The lowest BCUT2D eigenvalue weighted by atomic mass is 10.0. The van der Waals surface area contributed by atoms with E-state index in [2.05, 4.69) is 35.7 Å². The molecule has 0 atom stereocenters. The Balaban J connectivity index is 2.20. The van der Waals surface area contributed by atoms with Crippen molar-refractivity contribution in [3.8, 4) is 11.5 Å². The summed E-state index contributed by atoms with van der Waals surface area (Å²) in [5.74, 6) is 0.628. The largest absolute Gasteiger partial charge is 0.514 e. The number of rotatable bonds is 6. The molecule has 0 spiro atoms. The maximum Gasteiger partial charge on any atom is 0.514 e. The molecule has 0 fully saturated rings. The van der Waals surface area contributed by atoms with Crippen LogP contribution >= 0.6 is 22.6 Å². The molecule has 0 amide bonds. The third-order valence-corrected chi connectivity index (χ3v) is 4.57. The lowest BCUT2D eigenvalue weighted by Crippen LogP contribution is -2.13. The molecule has 0 saturated carbocycles. The molecular weight excluding hydrogens is 487 g/mol. The van der Waals surface area contributed by atoms with Crippen molar-refractivity contribution in [3.05, 3.63) is 71.3 Å². The highest BCUT2D eigenvalue weighted by Gasteiger charge is 2.21. The van der Waals surface area contributed by atoms with Gasteiger partial charge >= 0.3 is 12.3 Å². The topological polar surface area (TPSA) is 71.1 Å². The zero-order valence-corrected chi connectivity index (χ0v) is 17.5. The van der Waals surface area contributed by atoms with Crippen LogP contribution in [0.4, 0.5) is 9.59 Å². The molecule has 0 saturated heterocycles. The average Bonchev–Trinajstić information content (AvgIpc) is 2.72. The molecule has 0 aliphatic heterocycles. The van der Waals surface area contributed by atoms with Crippen molar-refractivity contribution in [1.82, 2.24) is 0 Å². The maximum absolute atomic E-state index is 12.1. The number of fused-ring (bicyclic) bond motifs is 2. The van der Waals surface area contributed by atoms with E-state index in [1.54, 1.807) is 30.3 Å². The molecular formula is C22H17IO6. The number of carbonyl (C=O) groups excluding carboxylic acids is 2. The van der Waals surface area contributed by atoms with Gasteiger partial charge in [0.1, 0.15) is 19.0 Å². The number of carbonyl (C=O) groups is 2. The van der Waals surface area contributed by atoms with Crippen LogP contribution in [0.5, 0.6) is 11.5 Å². The first kappa shape index (κ1) is 20.7. The predicted octanol–water partition coefficient (Wildman–Crippen LogP) is 6.00. The molecule has 6 nitrogen and oxygen atoms in total. The van der Waals surface area contributed by atoms with E-state index >= 15 is 0 Å². The van der Waals surface area contributed by atoms with Crippen LogP contribution in [0.2, 0.25) is 0 Å². The minimum Gasteiger partial charge on any atom is -0.430 e. The van der Waals surface area contributed by atoms with E-state index in [9.17, 15) is 9.59 Å². The van der Waals surface area contributed by atoms with Crippen molar-refractivity contribution >= 4 is 56.4 Å². The number of ether oxygens (including phenoxy) is 4. The van der Waals surface area contributed by atoms with Gasteiger partial charge in [0.25, 0.3) is 0 Å². The van der Waals surface area contributed by atoms with Crippen LogP contribution in [0.25, 0.3) is 21.5 Å². The summed E-state index contributed by atoms with van der Waals surface area (Å²) < 4.78 is 21.9. The lowest BCUT2D eigenvalue weighted by Gasteiger charge is -2.16. The first-order valence-electron chi connectivity index (χ1n) is 8.60. The molecule has 3 rings (SSSR count). The monoisotopic (exact) mass is 504 g/mol. The third kappa shape index (κ3) is 4.68. The fourth-order valence-electron chi connectivity index (χ4n) is 2.77. The van der Waals surface area contributed by atoms with Gasteiger partial charge in [-0.3, -0.25) is 0 Å². The van der Waals surface area contributed by atoms with Crippen molar-refractivity contribution in [1.29, 1.82) is 0 Å². The Morgan fingerprint density at radius 3 is 1.79 bits per heavy atom. The van der Waals surface area contributed by atoms with Crippen molar-refractivity contribution in [2.75, 3.05) is 13.2 Å². The van der Waals surface area contributed by atoms with Crippen LogP contribution < -0.4 is 9.47 Å². The van der Waals surface area contributed by atoms with Crippen molar-refractivity contribution < 1.29 is 28.5 Å². The number of hydrogen-bond acceptors (Lipinski definition) is 6. The summed E-state index contributed by atoms with van der Waals surface area (Å²) in [5, 5.41) is 2.36. The Hall–Kier alpha value is -3.07. The first-order valence-corrected chi connectivity index (χ1v) is 9.68. The molecule has 7 heteroatoms. The van der Waals surface area contributed by atoms with E-state index in [-0.39, 0.29) is 13.2 Å². The minimum atomic E-state index is -0.853. The molecule has 0 heterocycles. The molecule has 0 radical (unpaired) electrons. The van der Waals surface area contributed by atoms with Crippen LogP contribution in [0.15, 0.2) is 67.8 Å². The maximum atomic E-state index is 12.1. The Kier molecular flexibility index (Phi) is 6.71. The van der Waals surface area contributed by atoms with E-state index in [4.69, 9.17) is 18.9 Å². The second-order valence-electron chi connectivity index (χ2n) is 5.80. The summed E-state index contributed by atoms with van der Waals surface area (Å²) in [6, 6.07) is 12.6. The van der Waals surface area contributed by atoms with Gasteiger partial charge in [0.2, 0.25) is 0 Å². The SMILES string of the molecule is C=CCOC(=O)Oc1c2ccccc2c(OC(=O)OCC=C)c2cc(I)ccc12. The summed E-state index contributed by atoms with van der Waals surface area (Å²) in [4.78, 5) is 24.2. The second kappa shape index (κ2) is 9.42. The summed E-state index contributed by atoms with van der Waals surface area (Å²) in [5.41, 5.74) is 0. The van der Waals surface area contributed by atoms with Gasteiger partial charge in [-0.25, -0.2) is 9.59 Å². The summed E-state index contributed by atoms with van der Waals surface area (Å²) in [7, 11) is 0. The molecule has 0 bridgehead atoms. The van der Waals surface area contributed by atoms with Gasteiger partial charge in [0.15, 0.2) is 5.75 Å². The Labute approximate surface area is 180 Å². The van der Waals surface area contributed by atoms with E-state index in [0.717, 1.165) is 3.57 Å². The van der Waals surface area contributed by atoms with E-state index in [1.165, 1.54) is 12.2 Å². The fourth-order valence-corrected chi connectivity index (χ4v) is 3.26. The van der Waals surface area contributed by atoms with Gasteiger partial charge in [-0.2, -0.15) is 0 Å². The van der Waals surface area contributed by atoms with Crippen LogP contribution in [-0.4, -0.2) is 25.5 Å². The van der Waals surface area contributed by atoms with Crippen molar-refractivity contribution in [3.63, 3.8) is 0 Å². The molecule has 0 aliphatic carbocycles. The number of benzene rings is 3. The standard InChI is InChI=1S/C22H17IO6/c1-3-11-26-21(24)28-19-15-7-5-6-8-16(15)20(29-22(25)27-12-4-2)18-13-14(23)9-10-17(18)19/h3-10,13H,1-2,11-12H2. The summed E-state index contributed by atoms with van der Waals surface area (Å²) >= 11 is 2.15. The smallest absolute Gasteiger partial charge is 0.430 e. The third-order valence-electron chi connectivity index (χ3n) is 3.90. The lowest BCUT2D eigenvalue weighted by molar-refractivity contribution is 0.109. The van der Waals surface area contributed by atoms with E-state index in [1.807, 2.05) is 12.1 Å². The molecule has 29 heavy (non-hydrogen) atoms. The van der Waals surface area contributed by atoms with Gasteiger partial charge in [0, 0.05) is 25.1 Å². The normalized spacial score (nSPS) is 10.4. The first-order chi connectivity index (χ1) is 14.0. The molecule has 0 unspecified atom stereocenters. The number of hydrogen-bond donors (Lipinski definition) is 0. The van der Waals surface area contributed by atoms with Gasteiger partial charge in [-0.15, -0.1) is 0 Å². The molecule has 3 aromatic rings. The highest BCUT2D eigenvalue weighted by molar-refractivity contribution is 14.1. The molecule has 3 aromatic carbocycles. The highest BCUT2D eigenvalue weighted by atomic mass is 127. The van der Waals surface area contributed by atoms with E-state index in [0.29, 0.717) is 33.0 Å². The van der Waals surface area contributed by atoms with Crippen molar-refractivity contribution in [2.45, 2.75) is 0 Å². The minimum absolute atomic E-state index is 0.0303. The van der Waals surface area contributed by atoms with Crippen LogP contribution in [0.1, 0.15) is 0 Å². The highest BCUT2D eigenvalue weighted by Crippen LogP contribution is 2.43. The second-order valence-corrected chi connectivity index (χ2v) is 7.04. The van der Waals surface area contributed by atoms with Gasteiger partial charge in [-0.05, 0) is 40.8 Å². The van der Waals surface area contributed by atoms with Crippen molar-refractivity contribution in [2.24, 2.45) is 0 Å². The van der Waals surface area contributed by atoms with Crippen LogP contribution in [0.3, 0.4) is 0 Å². The summed E-state index contributed by atoms with van der Waals surface area (Å²) in [6.07, 6.45) is 1.20. The van der Waals surface area contributed by atoms with Gasteiger partial charge < -0.3 is 18.9 Å². The number of halogens is 1. The molecule has 0 aromatic heterocycles. The predicted molar refractivity (Wildman–Crippen MR) is 119 cm³/mol. The summed E-state index contributed by atoms with van der Waals surface area (Å²) in [6.45, 7) is 7.08. The molecule has 0 N–H and O–H groups in total. The molecule has 148 valence electrons. The van der Waals surface area contributed by atoms with Gasteiger partial charge in [-0.1, -0.05) is 49.6 Å². The van der Waals surface area contributed by atoms with E-state index < -0.39 is 12.3 Å². The Morgan fingerprint density at radius 1 is 0.793 bits per heavy atom. The Morgan fingerprint density at radius 2 is 1.28 bits per heavy atom. The Bertz CT molecular complexity index is 1110.